The maximum absolute atomic E-state index is 13.0. The molecule has 1 unspecified atom stereocenters. The lowest BCUT2D eigenvalue weighted by Crippen LogP contribution is -2.36. The van der Waals surface area contributed by atoms with Gasteiger partial charge in [0, 0.05) is 0 Å². The van der Waals surface area contributed by atoms with E-state index < -0.39 is 0 Å². The van der Waals surface area contributed by atoms with Gasteiger partial charge in [0.15, 0.2) is 0 Å². The van der Waals surface area contributed by atoms with Gasteiger partial charge in [-0.25, -0.2) is 4.39 Å². The van der Waals surface area contributed by atoms with Crippen LogP contribution >= 0.6 is 0 Å². The molecule has 1 aromatic carbocycles. The van der Waals surface area contributed by atoms with Crippen molar-refractivity contribution in [2.45, 2.75) is 12.5 Å². The van der Waals surface area contributed by atoms with Crippen LogP contribution in [0.5, 0.6) is 0 Å². The molecule has 1 aromatic rings. The molecule has 1 aliphatic rings. The van der Waals surface area contributed by atoms with E-state index in [4.69, 9.17) is 0 Å². The number of aliphatic hydroxyl groups is 1. The molecule has 0 aromatic heterocycles. The molecule has 1 atom stereocenters. The Bertz CT molecular complexity index is 376. The van der Waals surface area contributed by atoms with Gasteiger partial charge in [0.05, 0.1) is 12.6 Å². The molecule has 2 rings (SSSR count). The molecule has 0 fully saturated rings. The maximum atomic E-state index is 13.0. The van der Waals surface area contributed by atoms with E-state index in [9.17, 15) is 9.50 Å². The summed E-state index contributed by atoms with van der Waals surface area (Å²) in [6.07, 6.45) is 2.98. The quantitative estimate of drug-likeness (QED) is 0.771. The van der Waals surface area contributed by atoms with Crippen LogP contribution in [0.2, 0.25) is 0 Å². The average Bonchev–Trinajstić information content (AvgIpc) is 2.29. The highest BCUT2D eigenvalue weighted by molar-refractivity contribution is 5.70. The second-order valence-electron chi connectivity index (χ2n) is 3.65. The van der Waals surface area contributed by atoms with E-state index in [1.54, 1.807) is 6.07 Å². The summed E-state index contributed by atoms with van der Waals surface area (Å²) in [5.41, 5.74) is 1.84. The normalized spacial score (nSPS) is 21.2. The third kappa shape index (κ3) is 2.25. The number of halogens is 1. The zero-order chi connectivity index (χ0) is 10.7. The number of hydrogen-bond acceptors (Lipinski definition) is 2. The highest BCUT2D eigenvalue weighted by atomic mass is 19.1. The third-order valence-electron chi connectivity index (χ3n) is 2.62. The smallest absolute Gasteiger partial charge is 0.123 e. The van der Waals surface area contributed by atoms with Gasteiger partial charge in [-0.1, -0.05) is 18.2 Å². The van der Waals surface area contributed by atoms with Crippen molar-refractivity contribution in [3.63, 3.8) is 0 Å². The SMILES string of the molecule is OCC1NCCC=C1c1cccc(F)c1. The predicted molar refractivity (Wildman–Crippen MR) is 57.9 cm³/mol. The second-order valence-corrected chi connectivity index (χ2v) is 3.65. The summed E-state index contributed by atoms with van der Waals surface area (Å²) >= 11 is 0. The van der Waals surface area contributed by atoms with Gasteiger partial charge in [0.2, 0.25) is 0 Å². The highest BCUT2D eigenvalue weighted by Crippen LogP contribution is 2.22. The van der Waals surface area contributed by atoms with Gasteiger partial charge in [-0.05, 0) is 36.2 Å². The summed E-state index contributed by atoms with van der Waals surface area (Å²) in [5.74, 6) is -0.240. The van der Waals surface area contributed by atoms with E-state index in [1.807, 2.05) is 6.07 Å². The number of nitrogens with one attached hydrogen (secondary N) is 1. The van der Waals surface area contributed by atoms with Gasteiger partial charge in [-0.3, -0.25) is 0 Å². The first-order chi connectivity index (χ1) is 7.31. The number of aliphatic hydroxyl groups excluding tert-OH is 1. The van der Waals surface area contributed by atoms with E-state index in [-0.39, 0.29) is 18.5 Å². The van der Waals surface area contributed by atoms with Crippen molar-refractivity contribution in [3.05, 3.63) is 41.7 Å². The molecule has 2 N–H and O–H groups in total. The largest absolute Gasteiger partial charge is 0.394 e. The minimum Gasteiger partial charge on any atom is -0.394 e. The van der Waals surface area contributed by atoms with Crippen LogP contribution in [0.3, 0.4) is 0 Å². The molecule has 80 valence electrons. The van der Waals surface area contributed by atoms with Crippen molar-refractivity contribution >= 4 is 5.57 Å². The number of rotatable bonds is 2. The lowest BCUT2D eigenvalue weighted by atomic mass is 9.95. The Labute approximate surface area is 88.4 Å². The Kier molecular flexibility index (Phi) is 3.14. The Morgan fingerprint density at radius 2 is 2.33 bits per heavy atom. The molecule has 15 heavy (non-hydrogen) atoms. The van der Waals surface area contributed by atoms with Gasteiger partial charge >= 0.3 is 0 Å². The van der Waals surface area contributed by atoms with Crippen LogP contribution in [0.4, 0.5) is 4.39 Å². The molecule has 2 nitrogen and oxygen atoms in total. The van der Waals surface area contributed by atoms with Crippen molar-refractivity contribution in [2.24, 2.45) is 0 Å². The maximum Gasteiger partial charge on any atom is 0.123 e. The van der Waals surface area contributed by atoms with Crippen LogP contribution in [-0.2, 0) is 0 Å². The van der Waals surface area contributed by atoms with Crippen LogP contribution in [0.15, 0.2) is 30.3 Å². The van der Waals surface area contributed by atoms with E-state index in [2.05, 4.69) is 11.4 Å². The van der Waals surface area contributed by atoms with E-state index in [0.29, 0.717) is 0 Å². The lowest BCUT2D eigenvalue weighted by molar-refractivity contribution is 0.266. The van der Waals surface area contributed by atoms with E-state index in [0.717, 1.165) is 24.1 Å². The van der Waals surface area contributed by atoms with Crippen molar-refractivity contribution in [2.75, 3.05) is 13.2 Å². The van der Waals surface area contributed by atoms with Gasteiger partial charge in [0.25, 0.3) is 0 Å². The van der Waals surface area contributed by atoms with Gasteiger partial charge in [-0.2, -0.15) is 0 Å². The summed E-state index contributed by atoms with van der Waals surface area (Å²) in [6, 6.07) is 6.41. The molecular weight excluding hydrogens is 193 g/mol. The summed E-state index contributed by atoms with van der Waals surface area (Å²) in [5, 5.41) is 12.4. The Balaban J connectivity index is 2.32. The monoisotopic (exact) mass is 207 g/mol. The molecule has 1 aliphatic heterocycles. The molecule has 0 saturated heterocycles. The Hall–Kier alpha value is -1.19. The first-order valence-electron chi connectivity index (χ1n) is 5.11. The molecule has 0 bridgehead atoms. The third-order valence-corrected chi connectivity index (χ3v) is 2.62. The fourth-order valence-corrected chi connectivity index (χ4v) is 1.89. The van der Waals surface area contributed by atoms with Crippen LogP contribution in [0.1, 0.15) is 12.0 Å². The minimum absolute atomic E-state index is 0.0440. The van der Waals surface area contributed by atoms with Crippen LogP contribution in [-0.4, -0.2) is 24.3 Å². The molecule has 0 radical (unpaired) electrons. The zero-order valence-corrected chi connectivity index (χ0v) is 8.41. The average molecular weight is 207 g/mol. The fraction of sp³-hybridized carbons (Fsp3) is 0.333. The fourth-order valence-electron chi connectivity index (χ4n) is 1.89. The summed E-state index contributed by atoms with van der Waals surface area (Å²) in [4.78, 5) is 0. The first kappa shape index (κ1) is 10.3. The first-order valence-corrected chi connectivity index (χ1v) is 5.11. The van der Waals surface area contributed by atoms with Crippen molar-refractivity contribution < 1.29 is 9.50 Å². The molecule has 0 amide bonds. The molecule has 0 saturated carbocycles. The molecule has 0 spiro atoms. The predicted octanol–water partition coefficient (Wildman–Crippen LogP) is 1.56. The number of benzene rings is 1. The number of hydrogen-bond donors (Lipinski definition) is 2. The van der Waals surface area contributed by atoms with Crippen molar-refractivity contribution in [1.29, 1.82) is 0 Å². The minimum atomic E-state index is -0.240. The summed E-state index contributed by atoms with van der Waals surface area (Å²) in [7, 11) is 0. The van der Waals surface area contributed by atoms with Crippen LogP contribution in [0.25, 0.3) is 5.57 Å². The van der Waals surface area contributed by atoms with Gasteiger partial charge in [0.1, 0.15) is 5.82 Å². The molecular formula is C12H14FNO. The van der Waals surface area contributed by atoms with E-state index in [1.165, 1.54) is 12.1 Å². The van der Waals surface area contributed by atoms with Crippen molar-refractivity contribution in [1.82, 2.24) is 5.32 Å². The standard InChI is InChI=1S/C12H14FNO/c13-10-4-1-3-9(7-10)11-5-2-6-14-12(11)8-15/h1,3-5,7,12,14-15H,2,6,8H2. The topological polar surface area (TPSA) is 32.3 Å². The highest BCUT2D eigenvalue weighted by Gasteiger charge is 2.17. The zero-order valence-electron chi connectivity index (χ0n) is 8.41. The van der Waals surface area contributed by atoms with Crippen LogP contribution in [0, 0.1) is 5.82 Å². The lowest BCUT2D eigenvalue weighted by Gasteiger charge is -2.24. The molecule has 3 heteroatoms. The van der Waals surface area contributed by atoms with Gasteiger partial charge < -0.3 is 10.4 Å². The molecule has 1 heterocycles. The second kappa shape index (κ2) is 4.55. The molecule has 0 aliphatic carbocycles. The van der Waals surface area contributed by atoms with Crippen molar-refractivity contribution in [3.8, 4) is 0 Å². The van der Waals surface area contributed by atoms with Crippen LogP contribution < -0.4 is 5.32 Å². The summed E-state index contributed by atoms with van der Waals surface area (Å²) < 4.78 is 13.0. The Morgan fingerprint density at radius 3 is 3.07 bits per heavy atom. The van der Waals surface area contributed by atoms with Gasteiger partial charge in [-0.15, -0.1) is 0 Å². The van der Waals surface area contributed by atoms with E-state index >= 15 is 0 Å². The Morgan fingerprint density at radius 1 is 1.47 bits per heavy atom. The summed E-state index contributed by atoms with van der Waals surface area (Å²) in [6.45, 7) is 0.909.